The lowest BCUT2D eigenvalue weighted by molar-refractivity contribution is -0.146. The van der Waals surface area contributed by atoms with E-state index in [2.05, 4.69) is 6.58 Å². The normalized spacial score (nSPS) is 11.2. The molecule has 0 aromatic heterocycles. The van der Waals surface area contributed by atoms with Crippen LogP contribution in [0.4, 0.5) is 0 Å². The molecule has 0 aliphatic heterocycles. The first-order valence-corrected chi connectivity index (χ1v) is 3.65. The third-order valence-corrected chi connectivity index (χ3v) is 1.22. The van der Waals surface area contributed by atoms with Crippen molar-refractivity contribution in [3.63, 3.8) is 0 Å². The molecule has 0 bridgehead atoms. The summed E-state index contributed by atoms with van der Waals surface area (Å²) in [5.41, 5.74) is -0.778. The molecule has 0 saturated carbocycles. The zero-order valence-corrected chi connectivity index (χ0v) is 7.61. The van der Waals surface area contributed by atoms with Crippen LogP contribution in [0.5, 0.6) is 0 Å². The lowest BCUT2D eigenvalue weighted by Gasteiger charge is -2.19. The van der Waals surface area contributed by atoms with Gasteiger partial charge in [0.15, 0.2) is 0 Å². The average Bonchev–Trinajstić information content (AvgIpc) is 2.00. The molecule has 0 rings (SSSR count). The van der Waals surface area contributed by atoms with Gasteiger partial charge in [-0.2, -0.15) is 0 Å². The molecule has 4 heteroatoms. The van der Waals surface area contributed by atoms with Gasteiger partial charge in [-0.25, -0.2) is 9.59 Å². The maximum absolute atomic E-state index is 10.9. The van der Waals surface area contributed by atoms with E-state index in [4.69, 9.17) is 9.84 Å². The Labute approximate surface area is 76.5 Å². The van der Waals surface area contributed by atoms with Crippen molar-refractivity contribution in [2.24, 2.45) is 0 Å². The Bertz CT molecular complexity index is 250. The van der Waals surface area contributed by atoms with Gasteiger partial charge in [0.1, 0.15) is 5.60 Å². The van der Waals surface area contributed by atoms with Crippen LogP contribution in [0.3, 0.4) is 0 Å². The molecule has 72 valence electrons. The fourth-order valence-electron chi connectivity index (χ4n) is 0.474. The number of ether oxygens (including phenoxy) is 1. The van der Waals surface area contributed by atoms with Crippen molar-refractivity contribution >= 4 is 11.9 Å². The number of rotatable bonds is 4. The van der Waals surface area contributed by atoms with Gasteiger partial charge in [-0.3, -0.25) is 0 Å². The first-order chi connectivity index (χ1) is 5.87. The zero-order valence-electron chi connectivity index (χ0n) is 7.61. The summed E-state index contributed by atoms with van der Waals surface area (Å²) in [7, 11) is 0. The molecular formula is C9H12O4. The lowest BCUT2D eigenvalue weighted by atomic mass is 10.1. The fraction of sp³-hybridized carbons (Fsp3) is 0.333. The number of hydrogen-bond acceptors (Lipinski definition) is 3. The molecule has 0 spiro atoms. The van der Waals surface area contributed by atoms with E-state index in [1.807, 2.05) is 0 Å². The number of esters is 1. The summed E-state index contributed by atoms with van der Waals surface area (Å²) in [6.07, 6.45) is 3.04. The average molecular weight is 184 g/mol. The van der Waals surface area contributed by atoms with Gasteiger partial charge in [-0.05, 0) is 19.9 Å². The first kappa shape index (κ1) is 11.4. The van der Waals surface area contributed by atoms with Crippen molar-refractivity contribution in [2.45, 2.75) is 19.4 Å². The Morgan fingerprint density at radius 3 is 2.31 bits per heavy atom. The Kier molecular flexibility index (Phi) is 3.91. The van der Waals surface area contributed by atoms with Crippen LogP contribution in [-0.2, 0) is 14.3 Å². The number of carboxylic acid groups (broad SMARTS) is 1. The molecule has 0 radical (unpaired) electrons. The standard InChI is InChI=1S/C9H12O4/c1-4-9(2,3)13-8(12)6-5-7(10)11/h4-6H,1H2,2-3H3,(H,10,11). The molecule has 0 aromatic rings. The molecule has 13 heavy (non-hydrogen) atoms. The van der Waals surface area contributed by atoms with E-state index in [1.54, 1.807) is 13.8 Å². The number of hydrogen-bond donors (Lipinski definition) is 1. The van der Waals surface area contributed by atoms with Crippen molar-refractivity contribution in [2.75, 3.05) is 0 Å². The van der Waals surface area contributed by atoms with E-state index in [1.165, 1.54) is 6.08 Å². The van der Waals surface area contributed by atoms with Crippen LogP contribution in [-0.4, -0.2) is 22.6 Å². The summed E-state index contributed by atoms with van der Waals surface area (Å²) in [5, 5.41) is 8.20. The minimum Gasteiger partial charge on any atom is -0.478 e. The summed E-state index contributed by atoms with van der Waals surface area (Å²) in [6, 6.07) is 0. The summed E-state index contributed by atoms with van der Waals surface area (Å²) in [4.78, 5) is 20.9. The Morgan fingerprint density at radius 2 is 1.92 bits per heavy atom. The van der Waals surface area contributed by atoms with E-state index in [0.29, 0.717) is 0 Å². The van der Waals surface area contributed by atoms with Gasteiger partial charge < -0.3 is 9.84 Å². The van der Waals surface area contributed by atoms with Crippen molar-refractivity contribution in [3.05, 3.63) is 24.8 Å². The molecule has 0 aliphatic carbocycles. The molecule has 0 aromatic carbocycles. The van der Waals surface area contributed by atoms with Crippen LogP contribution in [0, 0.1) is 0 Å². The van der Waals surface area contributed by atoms with Gasteiger partial charge >= 0.3 is 11.9 Å². The second-order valence-electron chi connectivity index (χ2n) is 2.90. The van der Waals surface area contributed by atoms with Crippen molar-refractivity contribution in [1.82, 2.24) is 0 Å². The minimum absolute atomic E-state index is 0.702. The summed E-state index contributed by atoms with van der Waals surface area (Å²) in [5.74, 6) is -1.89. The van der Waals surface area contributed by atoms with Crippen molar-refractivity contribution < 1.29 is 19.4 Å². The number of carbonyl (C=O) groups excluding carboxylic acids is 1. The van der Waals surface area contributed by atoms with Crippen molar-refractivity contribution in [3.8, 4) is 0 Å². The second kappa shape index (κ2) is 4.45. The molecule has 1 N–H and O–H groups in total. The predicted octanol–water partition coefficient (Wildman–Crippen LogP) is 1.14. The van der Waals surface area contributed by atoms with Gasteiger partial charge in [-0.1, -0.05) is 6.58 Å². The van der Waals surface area contributed by atoms with E-state index in [-0.39, 0.29) is 0 Å². The molecule has 0 heterocycles. The minimum atomic E-state index is -1.19. The molecule has 0 fully saturated rings. The van der Waals surface area contributed by atoms with Crippen molar-refractivity contribution in [1.29, 1.82) is 0 Å². The monoisotopic (exact) mass is 184 g/mol. The summed E-state index contributed by atoms with van der Waals surface area (Å²) in [6.45, 7) is 6.75. The van der Waals surface area contributed by atoms with Gasteiger partial charge in [0.2, 0.25) is 0 Å². The first-order valence-electron chi connectivity index (χ1n) is 3.65. The fourth-order valence-corrected chi connectivity index (χ4v) is 0.474. The molecule has 4 nitrogen and oxygen atoms in total. The highest BCUT2D eigenvalue weighted by Gasteiger charge is 2.16. The van der Waals surface area contributed by atoms with Crippen LogP contribution in [0.2, 0.25) is 0 Å². The SMILES string of the molecule is C=CC(C)(C)OC(=O)C=CC(=O)O. The maximum Gasteiger partial charge on any atom is 0.331 e. The second-order valence-corrected chi connectivity index (χ2v) is 2.90. The van der Waals surface area contributed by atoms with Crippen LogP contribution in [0.1, 0.15) is 13.8 Å². The number of carbonyl (C=O) groups is 2. The van der Waals surface area contributed by atoms with Crippen LogP contribution in [0.15, 0.2) is 24.8 Å². The van der Waals surface area contributed by atoms with Crippen LogP contribution in [0.25, 0.3) is 0 Å². The van der Waals surface area contributed by atoms with E-state index < -0.39 is 17.5 Å². The molecule has 0 atom stereocenters. The molecule has 0 aliphatic rings. The quantitative estimate of drug-likeness (QED) is 0.404. The van der Waals surface area contributed by atoms with E-state index >= 15 is 0 Å². The number of aliphatic carboxylic acids is 1. The highest BCUT2D eigenvalue weighted by molar-refractivity contribution is 5.90. The Hall–Kier alpha value is -1.58. The molecule has 0 unspecified atom stereocenters. The largest absolute Gasteiger partial charge is 0.478 e. The van der Waals surface area contributed by atoms with Gasteiger partial charge in [-0.15, -0.1) is 0 Å². The summed E-state index contributed by atoms with van der Waals surface area (Å²) < 4.78 is 4.83. The Morgan fingerprint density at radius 1 is 1.38 bits per heavy atom. The van der Waals surface area contributed by atoms with Gasteiger partial charge in [0.25, 0.3) is 0 Å². The van der Waals surface area contributed by atoms with Crippen LogP contribution < -0.4 is 0 Å². The van der Waals surface area contributed by atoms with E-state index in [9.17, 15) is 9.59 Å². The lowest BCUT2D eigenvalue weighted by Crippen LogP contribution is -2.24. The van der Waals surface area contributed by atoms with Crippen LogP contribution >= 0.6 is 0 Å². The maximum atomic E-state index is 10.9. The third kappa shape index (κ3) is 5.66. The molecule has 0 saturated heterocycles. The number of carboxylic acids is 1. The summed E-state index contributed by atoms with van der Waals surface area (Å²) >= 11 is 0. The highest BCUT2D eigenvalue weighted by atomic mass is 16.6. The zero-order chi connectivity index (χ0) is 10.5. The Balaban J connectivity index is 4.17. The molecule has 0 amide bonds. The topological polar surface area (TPSA) is 63.6 Å². The smallest absolute Gasteiger partial charge is 0.331 e. The van der Waals surface area contributed by atoms with Gasteiger partial charge in [0.05, 0.1) is 0 Å². The molecular weight excluding hydrogens is 172 g/mol. The highest BCUT2D eigenvalue weighted by Crippen LogP contribution is 2.09. The van der Waals surface area contributed by atoms with E-state index in [0.717, 1.165) is 12.2 Å². The third-order valence-electron chi connectivity index (χ3n) is 1.22. The van der Waals surface area contributed by atoms with Gasteiger partial charge in [0, 0.05) is 12.2 Å². The predicted molar refractivity (Wildman–Crippen MR) is 47.1 cm³/mol.